The molecule has 2 aromatic rings. The fraction of sp³-hybridized carbons (Fsp3) is 0.333. The van der Waals surface area contributed by atoms with Gasteiger partial charge in [-0.25, -0.2) is 4.98 Å². The molecule has 5 nitrogen and oxygen atoms in total. The van der Waals surface area contributed by atoms with Crippen LogP contribution in [0.4, 0.5) is 0 Å². The van der Waals surface area contributed by atoms with Gasteiger partial charge in [0, 0.05) is 26.3 Å². The summed E-state index contributed by atoms with van der Waals surface area (Å²) in [6, 6.07) is 7.98. The van der Waals surface area contributed by atoms with Crippen LogP contribution in [0.25, 0.3) is 0 Å². The van der Waals surface area contributed by atoms with Crippen LogP contribution in [0.3, 0.4) is 0 Å². The molecular formula is C15H18N4O. The van der Waals surface area contributed by atoms with Gasteiger partial charge in [0.2, 0.25) is 5.91 Å². The van der Waals surface area contributed by atoms with E-state index in [1.807, 2.05) is 29.9 Å². The maximum atomic E-state index is 11.7. The number of aryl methyl sites for hydroxylation is 1. The number of benzene rings is 1. The average Bonchev–Trinajstić information content (AvgIpc) is 2.83. The number of hydrogen-bond donors (Lipinski definition) is 1. The molecule has 20 heavy (non-hydrogen) atoms. The molecule has 1 aliphatic heterocycles. The van der Waals surface area contributed by atoms with Crippen LogP contribution < -0.4 is 5.73 Å². The SMILES string of the molecule is Cn1cncc1CN1Cc2ccccc2CC1C(N)=O. The second-order valence-electron chi connectivity index (χ2n) is 5.29. The molecule has 1 aliphatic rings. The van der Waals surface area contributed by atoms with E-state index in [9.17, 15) is 4.79 Å². The molecule has 2 N–H and O–H groups in total. The number of carbonyl (C=O) groups excluding carboxylic acids is 1. The molecule has 1 aromatic heterocycles. The number of nitrogens with two attached hydrogens (primary N) is 1. The number of hydrogen-bond acceptors (Lipinski definition) is 3. The maximum absolute atomic E-state index is 11.7. The summed E-state index contributed by atoms with van der Waals surface area (Å²) in [6.45, 7) is 1.42. The summed E-state index contributed by atoms with van der Waals surface area (Å²) < 4.78 is 1.97. The minimum absolute atomic E-state index is 0.250. The van der Waals surface area contributed by atoms with E-state index in [1.165, 1.54) is 11.1 Å². The Labute approximate surface area is 118 Å². The second kappa shape index (κ2) is 5.09. The van der Waals surface area contributed by atoms with E-state index in [-0.39, 0.29) is 11.9 Å². The van der Waals surface area contributed by atoms with E-state index in [2.05, 4.69) is 22.0 Å². The molecule has 3 rings (SSSR count). The first-order chi connectivity index (χ1) is 9.65. The topological polar surface area (TPSA) is 64.2 Å². The molecule has 1 amide bonds. The lowest BCUT2D eigenvalue weighted by Gasteiger charge is -2.34. The van der Waals surface area contributed by atoms with Gasteiger partial charge in [0.05, 0.1) is 18.1 Å². The first-order valence-electron chi connectivity index (χ1n) is 6.70. The quantitative estimate of drug-likeness (QED) is 0.898. The molecular weight excluding hydrogens is 252 g/mol. The predicted octanol–water partition coefficient (Wildman–Crippen LogP) is 0.832. The fourth-order valence-electron chi connectivity index (χ4n) is 2.77. The predicted molar refractivity (Wildman–Crippen MR) is 75.6 cm³/mol. The molecule has 1 unspecified atom stereocenters. The highest BCUT2D eigenvalue weighted by atomic mass is 16.1. The van der Waals surface area contributed by atoms with Crippen molar-refractivity contribution in [2.24, 2.45) is 12.8 Å². The lowest BCUT2D eigenvalue weighted by Crippen LogP contribution is -2.48. The van der Waals surface area contributed by atoms with Crippen molar-refractivity contribution in [1.82, 2.24) is 14.5 Å². The van der Waals surface area contributed by atoms with Crippen LogP contribution >= 0.6 is 0 Å². The van der Waals surface area contributed by atoms with Gasteiger partial charge in [0.25, 0.3) is 0 Å². The Morgan fingerprint density at radius 2 is 2.15 bits per heavy atom. The number of nitrogens with zero attached hydrogens (tertiary/aromatic N) is 3. The van der Waals surface area contributed by atoms with Crippen molar-refractivity contribution in [3.05, 3.63) is 53.6 Å². The number of fused-ring (bicyclic) bond motifs is 1. The van der Waals surface area contributed by atoms with Crippen molar-refractivity contribution in [2.45, 2.75) is 25.6 Å². The van der Waals surface area contributed by atoms with Gasteiger partial charge in [0.15, 0.2) is 0 Å². The molecule has 0 bridgehead atoms. The minimum Gasteiger partial charge on any atom is -0.368 e. The van der Waals surface area contributed by atoms with Gasteiger partial charge in [-0.15, -0.1) is 0 Å². The van der Waals surface area contributed by atoms with E-state index in [0.717, 1.165) is 12.2 Å². The van der Waals surface area contributed by atoms with Gasteiger partial charge in [0.1, 0.15) is 0 Å². The smallest absolute Gasteiger partial charge is 0.235 e. The summed E-state index contributed by atoms with van der Waals surface area (Å²) in [7, 11) is 1.96. The van der Waals surface area contributed by atoms with E-state index in [1.54, 1.807) is 6.33 Å². The molecule has 0 saturated carbocycles. The van der Waals surface area contributed by atoms with Crippen molar-refractivity contribution in [3.8, 4) is 0 Å². The number of rotatable bonds is 3. The molecule has 104 valence electrons. The largest absolute Gasteiger partial charge is 0.368 e. The molecule has 0 fully saturated rings. The van der Waals surface area contributed by atoms with Crippen LogP contribution in [0.15, 0.2) is 36.8 Å². The van der Waals surface area contributed by atoms with E-state index < -0.39 is 0 Å². The van der Waals surface area contributed by atoms with Crippen molar-refractivity contribution >= 4 is 5.91 Å². The van der Waals surface area contributed by atoms with Gasteiger partial charge in [-0.05, 0) is 17.5 Å². The van der Waals surface area contributed by atoms with Crippen molar-refractivity contribution in [1.29, 1.82) is 0 Å². The third kappa shape index (κ3) is 2.32. The number of aromatic nitrogens is 2. The van der Waals surface area contributed by atoms with Gasteiger partial charge in [-0.2, -0.15) is 0 Å². The summed E-state index contributed by atoms with van der Waals surface area (Å²) in [5.41, 5.74) is 9.15. The van der Waals surface area contributed by atoms with Crippen LogP contribution in [-0.2, 0) is 31.4 Å². The van der Waals surface area contributed by atoms with E-state index in [4.69, 9.17) is 5.73 Å². The lowest BCUT2D eigenvalue weighted by atomic mass is 9.93. The van der Waals surface area contributed by atoms with Crippen LogP contribution in [0.1, 0.15) is 16.8 Å². The van der Waals surface area contributed by atoms with Crippen LogP contribution in [0.2, 0.25) is 0 Å². The van der Waals surface area contributed by atoms with E-state index >= 15 is 0 Å². The Kier molecular flexibility index (Phi) is 3.28. The van der Waals surface area contributed by atoms with Crippen LogP contribution in [0, 0.1) is 0 Å². The van der Waals surface area contributed by atoms with Crippen molar-refractivity contribution < 1.29 is 4.79 Å². The van der Waals surface area contributed by atoms with E-state index in [0.29, 0.717) is 13.0 Å². The minimum atomic E-state index is -0.262. The number of primary amides is 1. The maximum Gasteiger partial charge on any atom is 0.235 e. The van der Waals surface area contributed by atoms with Gasteiger partial charge >= 0.3 is 0 Å². The Hall–Kier alpha value is -2.14. The second-order valence-corrected chi connectivity index (χ2v) is 5.29. The summed E-state index contributed by atoms with van der Waals surface area (Å²) in [6.07, 6.45) is 4.29. The highest BCUT2D eigenvalue weighted by molar-refractivity contribution is 5.80. The third-order valence-corrected chi connectivity index (χ3v) is 3.96. The fourth-order valence-corrected chi connectivity index (χ4v) is 2.77. The first-order valence-corrected chi connectivity index (χ1v) is 6.70. The Morgan fingerprint density at radius 1 is 1.40 bits per heavy atom. The molecule has 0 spiro atoms. The molecule has 2 heterocycles. The molecule has 5 heteroatoms. The standard InChI is InChI=1S/C15H18N4O/c1-18-10-17-7-13(18)9-19-8-12-5-3-2-4-11(12)6-14(19)15(16)20/h2-5,7,10,14H,6,8-9H2,1H3,(H2,16,20). The number of amides is 1. The molecule has 0 radical (unpaired) electrons. The number of imidazole rings is 1. The average molecular weight is 270 g/mol. The van der Waals surface area contributed by atoms with Gasteiger partial charge in [-0.3, -0.25) is 9.69 Å². The highest BCUT2D eigenvalue weighted by Crippen LogP contribution is 2.24. The first kappa shape index (κ1) is 12.9. The Bertz CT molecular complexity index is 634. The molecule has 0 saturated heterocycles. The molecule has 1 atom stereocenters. The van der Waals surface area contributed by atoms with Crippen LogP contribution in [0.5, 0.6) is 0 Å². The zero-order valence-electron chi connectivity index (χ0n) is 11.5. The van der Waals surface area contributed by atoms with Crippen molar-refractivity contribution in [3.63, 3.8) is 0 Å². The summed E-state index contributed by atoms with van der Waals surface area (Å²) in [5.74, 6) is -0.262. The summed E-state index contributed by atoms with van der Waals surface area (Å²) in [5, 5.41) is 0. The van der Waals surface area contributed by atoms with Gasteiger partial charge in [-0.1, -0.05) is 24.3 Å². The summed E-state index contributed by atoms with van der Waals surface area (Å²) >= 11 is 0. The van der Waals surface area contributed by atoms with Crippen LogP contribution in [-0.4, -0.2) is 26.4 Å². The Balaban J connectivity index is 1.89. The zero-order valence-corrected chi connectivity index (χ0v) is 11.5. The van der Waals surface area contributed by atoms with Gasteiger partial charge < -0.3 is 10.3 Å². The lowest BCUT2D eigenvalue weighted by molar-refractivity contribution is -0.124. The Morgan fingerprint density at radius 3 is 2.80 bits per heavy atom. The summed E-state index contributed by atoms with van der Waals surface area (Å²) in [4.78, 5) is 18.0. The molecule has 1 aromatic carbocycles. The zero-order chi connectivity index (χ0) is 14.1. The monoisotopic (exact) mass is 270 g/mol. The molecule has 0 aliphatic carbocycles. The number of carbonyl (C=O) groups is 1. The third-order valence-electron chi connectivity index (χ3n) is 3.96. The highest BCUT2D eigenvalue weighted by Gasteiger charge is 2.30. The van der Waals surface area contributed by atoms with Crippen molar-refractivity contribution in [2.75, 3.05) is 0 Å². The normalized spacial score (nSPS) is 18.8.